The first-order chi connectivity index (χ1) is 13.5. The van der Waals surface area contributed by atoms with Crippen LogP contribution in [0.4, 0.5) is 5.69 Å². The fraction of sp³-hybridized carbons (Fsp3) is 0.350. The van der Waals surface area contributed by atoms with Crippen LogP contribution in [0.25, 0.3) is 0 Å². The van der Waals surface area contributed by atoms with Crippen molar-refractivity contribution in [2.45, 2.75) is 31.7 Å². The predicted molar refractivity (Wildman–Crippen MR) is 100 cm³/mol. The number of carboxylic acids is 1. The Labute approximate surface area is 161 Å². The molecule has 148 valence electrons. The molecule has 3 rings (SSSR count). The van der Waals surface area contributed by atoms with Crippen molar-refractivity contribution in [1.29, 1.82) is 0 Å². The molecule has 1 aliphatic carbocycles. The highest BCUT2D eigenvalue weighted by Crippen LogP contribution is 2.24. The van der Waals surface area contributed by atoms with Crippen LogP contribution in [-0.4, -0.2) is 35.5 Å². The minimum absolute atomic E-state index is 0.0226. The van der Waals surface area contributed by atoms with Gasteiger partial charge in [-0.05, 0) is 49.9 Å². The third-order valence-electron chi connectivity index (χ3n) is 4.65. The summed E-state index contributed by atoms with van der Waals surface area (Å²) in [6.45, 7) is -0.158. The fourth-order valence-electron chi connectivity index (χ4n) is 3.17. The van der Waals surface area contributed by atoms with Crippen molar-refractivity contribution in [2.75, 3.05) is 11.9 Å². The summed E-state index contributed by atoms with van der Waals surface area (Å²) in [6.07, 6.45) is 3.85. The third-order valence-corrected chi connectivity index (χ3v) is 4.65. The van der Waals surface area contributed by atoms with Gasteiger partial charge >= 0.3 is 5.97 Å². The maximum atomic E-state index is 12.1. The number of rotatable bonds is 7. The van der Waals surface area contributed by atoms with E-state index >= 15 is 0 Å². The molecule has 1 aromatic carbocycles. The molecule has 1 heterocycles. The summed E-state index contributed by atoms with van der Waals surface area (Å²) in [5.74, 6) is -1.08. The van der Waals surface area contributed by atoms with Gasteiger partial charge in [-0.25, -0.2) is 0 Å². The van der Waals surface area contributed by atoms with E-state index in [0.717, 1.165) is 0 Å². The Kier molecular flexibility index (Phi) is 6.31. The van der Waals surface area contributed by atoms with Gasteiger partial charge in [0.15, 0.2) is 12.4 Å². The minimum Gasteiger partial charge on any atom is -0.484 e. The number of benzene rings is 1. The molecule has 0 atom stereocenters. The second kappa shape index (κ2) is 9.07. The monoisotopic (exact) mass is 386 g/mol. The van der Waals surface area contributed by atoms with Gasteiger partial charge < -0.3 is 24.9 Å². The predicted octanol–water partition coefficient (Wildman–Crippen LogP) is 2.67. The molecule has 0 bridgehead atoms. The summed E-state index contributed by atoms with van der Waals surface area (Å²) in [4.78, 5) is 35.0. The van der Waals surface area contributed by atoms with E-state index in [0.29, 0.717) is 37.1 Å². The molecule has 2 amide bonds. The highest BCUT2D eigenvalue weighted by atomic mass is 16.5. The van der Waals surface area contributed by atoms with Crippen molar-refractivity contribution < 1.29 is 28.6 Å². The molecule has 1 fully saturated rings. The van der Waals surface area contributed by atoms with Crippen molar-refractivity contribution >= 4 is 23.5 Å². The van der Waals surface area contributed by atoms with Gasteiger partial charge in [-0.2, -0.15) is 0 Å². The SMILES string of the molecule is O=C(COc1cccc(NC(=O)c2ccco2)c1)NC1CCC(C(=O)O)CC1. The summed E-state index contributed by atoms with van der Waals surface area (Å²) in [5, 5.41) is 14.6. The van der Waals surface area contributed by atoms with Gasteiger partial charge in [0.25, 0.3) is 11.8 Å². The largest absolute Gasteiger partial charge is 0.484 e. The van der Waals surface area contributed by atoms with Crippen LogP contribution in [-0.2, 0) is 9.59 Å². The molecule has 1 saturated carbocycles. The number of carbonyl (C=O) groups is 3. The average molecular weight is 386 g/mol. The van der Waals surface area contributed by atoms with E-state index in [2.05, 4.69) is 10.6 Å². The molecule has 0 spiro atoms. The number of carboxylic acid groups (broad SMARTS) is 1. The number of furan rings is 1. The molecular weight excluding hydrogens is 364 g/mol. The molecule has 2 aromatic rings. The van der Waals surface area contributed by atoms with Gasteiger partial charge in [0.05, 0.1) is 12.2 Å². The van der Waals surface area contributed by atoms with Gasteiger partial charge in [-0.1, -0.05) is 6.07 Å². The summed E-state index contributed by atoms with van der Waals surface area (Å²) >= 11 is 0. The topological polar surface area (TPSA) is 118 Å². The first kappa shape index (κ1) is 19.5. The highest BCUT2D eigenvalue weighted by Gasteiger charge is 2.26. The third kappa shape index (κ3) is 5.35. The van der Waals surface area contributed by atoms with Crippen molar-refractivity contribution in [3.8, 4) is 5.75 Å². The number of aliphatic carboxylic acids is 1. The number of hydrogen-bond acceptors (Lipinski definition) is 5. The molecule has 0 saturated heterocycles. The van der Waals surface area contributed by atoms with Crippen LogP contribution in [0.1, 0.15) is 36.2 Å². The zero-order valence-electron chi connectivity index (χ0n) is 15.2. The number of amides is 2. The number of hydrogen-bond donors (Lipinski definition) is 3. The highest BCUT2D eigenvalue weighted by molar-refractivity contribution is 6.02. The summed E-state index contributed by atoms with van der Waals surface area (Å²) < 4.78 is 10.5. The van der Waals surface area contributed by atoms with Crippen LogP contribution in [0.15, 0.2) is 47.1 Å². The van der Waals surface area contributed by atoms with Crippen LogP contribution in [0.5, 0.6) is 5.75 Å². The molecule has 8 nitrogen and oxygen atoms in total. The van der Waals surface area contributed by atoms with E-state index < -0.39 is 5.97 Å². The average Bonchev–Trinajstić information content (AvgIpc) is 3.22. The molecular formula is C20H22N2O6. The first-order valence-corrected chi connectivity index (χ1v) is 9.11. The van der Waals surface area contributed by atoms with Gasteiger partial charge in [0.2, 0.25) is 0 Å². The quantitative estimate of drug-likeness (QED) is 0.673. The zero-order valence-corrected chi connectivity index (χ0v) is 15.2. The summed E-state index contributed by atoms with van der Waals surface area (Å²) in [7, 11) is 0. The Balaban J connectivity index is 1.45. The maximum absolute atomic E-state index is 12.1. The van der Waals surface area contributed by atoms with Crippen LogP contribution < -0.4 is 15.4 Å². The minimum atomic E-state index is -0.771. The number of nitrogens with one attached hydrogen (secondary N) is 2. The standard InChI is InChI=1S/C20H22N2O6/c23-18(21-14-8-6-13(7-9-14)20(25)26)12-28-16-4-1-3-15(11-16)22-19(24)17-5-2-10-27-17/h1-5,10-11,13-14H,6-9,12H2,(H,21,23)(H,22,24)(H,25,26). The molecule has 0 aliphatic heterocycles. The van der Waals surface area contributed by atoms with Crippen molar-refractivity contribution in [2.24, 2.45) is 5.92 Å². The molecule has 0 unspecified atom stereocenters. The van der Waals surface area contributed by atoms with Crippen LogP contribution in [0, 0.1) is 5.92 Å². The molecule has 3 N–H and O–H groups in total. The lowest BCUT2D eigenvalue weighted by atomic mass is 9.86. The fourth-order valence-corrected chi connectivity index (χ4v) is 3.17. The molecule has 1 aliphatic rings. The Morgan fingerprint density at radius 3 is 2.57 bits per heavy atom. The number of carbonyl (C=O) groups excluding carboxylic acids is 2. The van der Waals surface area contributed by atoms with E-state index in [1.165, 1.54) is 6.26 Å². The van der Waals surface area contributed by atoms with Gasteiger partial charge in [0.1, 0.15) is 5.75 Å². The van der Waals surface area contributed by atoms with E-state index in [9.17, 15) is 14.4 Å². The van der Waals surface area contributed by atoms with E-state index in [-0.39, 0.29) is 36.1 Å². The van der Waals surface area contributed by atoms with Crippen molar-refractivity contribution in [3.63, 3.8) is 0 Å². The lowest BCUT2D eigenvalue weighted by molar-refractivity contribution is -0.142. The molecule has 28 heavy (non-hydrogen) atoms. The molecule has 8 heteroatoms. The van der Waals surface area contributed by atoms with Crippen LogP contribution >= 0.6 is 0 Å². The summed E-state index contributed by atoms with van der Waals surface area (Å²) in [5.41, 5.74) is 0.520. The van der Waals surface area contributed by atoms with E-state index in [1.54, 1.807) is 36.4 Å². The second-order valence-electron chi connectivity index (χ2n) is 6.70. The maximum Gasteiger partial charge on any atom is 0.306 e. The van der Waals surface area contributed by atoms with E-state index in [1.807, 2.05) is 0 Å². The van der Waals surface area contributed by atoms with Crippen molar-refractivity contribution in [3.05, 3.63) is 48.4 Å². The number of ether oxygens (including phenoxy) is 1. The van der Waals surface area contributed by atoms with Crippen molar-refractivity contribution in [1.82, 2.24) is 5.32 Å². The second-order valence-corrected chi connectivity index (χ2v) is 6.70. The lowest BCUT2D eigenvalue weighted by Crippen LogP contribution is -2.40. The summed E-state index contributed by atoms with van der Waals surface area (Å²) in [6, 6.07) is 9.88. The Morgan fingerprint density at radius 1 is 1.11 bits per heavy atom. The van der Waals surface area contributed by atoms with E-state index in [4.69, 9.17) is 14.3 Å². The Hall–Kier alpha value is -3.29. The Bertz CT molecular complexity index is 825. The number of anilines is 1. The Morgan fingerprint density at radius 2 is 1.89 bits per heavy atom. The smallest absolute Gasteiger partial charge is 0.306 e. The van der Waals surface area contributed by atoms with Crippen LogP contribution in [0.2, 0.25) is 0 Å². The zero-order chi connectivity index (χ0) is 19.9. The van der Waals surface area contributed by atoms with Gasteiger partial charge in [-0.3, -0.25) is 14.4 Å². The van der Waals surface area contributed by atoms with Crippen LogP contribution in [0.3, 0.4) is 0 Å². The van der Waals surface area contributed by atoms with Gasteiger partial charge in [0, 0.05) is 17.8 Å². The normalized spacial score (nSPS) is 18.9. The first-order valence-electron chi connectivity index (χ1n) is 9.11. The van der Waals surface area contributed by atoms with Gasteiger partial charge in [-0.15, -0.1) is 0 Å². The molecule has 1 aromatic heterocycles. The lowest BCUT2D eigenvalue weighted by Gasteiger charge is -2.26. The molecule has 0 radical (unpaired) electrons.